The van der Waals surface area contributed by atoms with Gasteiger partial charge in [0.25, 0.3) is 0 Å². The third kappa shape index (κ3) is 5.64. The Bertz CT molecular complexity index is 247. The first kappa shape index (κ1) is 14.9. The summed E-state index contributed by atoms with van der Waals surface area (Å²) in [4.78, 5) is 16.4. The van der Waals surface area contributed by atoms with E-state index in [1.54, 1.807) is 0 Å². The Morgan fingerprint density at radius 3 is 2.38 bits per heavy atom. The minimum Gasteiger partial charge on any atom is -0.857 e. The Kier molecular flexibility index (Phi) is 7.92. The van der Waals surface area contributed by atoms with Crippen LogP contribution in [-0.4, -0.2) is 29.1 Å². The second-order valence-corrected chi connectivity index (χ2v) is 2.29. The summed E-state index contributed by atoms with van der Waals surface area (Å²) in [6.07, 6.45) is 0. The fourth-order valence-electron chi connectivity index (χ4n) is 0.409. The molecule has 0 saturated carbocycles. The quantitative estimate of drug-likeness (QED) is 0.218. The first-order valence-electron chi connectivity index (χ1n) is 3.33. The van der Waals surface area contributed by atoms with Crippen molar-refractivity contribution in [3.8, 4) is 0 Å². The van der Waals surface area contributed by atoms with Gasteiger partial charge in [0.2, 0.25) is 6.04 Å². The number of aliphatic carboxylic acids is 1. The Morgan fingerprint density at radius 2 is 2.08 bits per heavy atom. The molecule has 0 unspecified atom stereocenters. The molecule has 0 amide bonds. The van der Waals surface area contributed by atoms with Gasteiger partial charge < -0.3 is 15.1 Å². The van der Waals surface area contributed by atoms with E-state index in [0.717, 1.165) is 0 Å². The first-order valence-corrected chi connectivity index (χ1v) is 3.33. The van der Waals surface area contributed by atoms with Crippen molar-refractivity contribution in [2.24, 2.45) is 4.99 Å². The summed E-state index contributed by atoms with van der Waals surface area (Å²) < 4.78 is 0. The van der Waals surface area contributed by atoms with Crippen LogP contribution in [0.3, 0.4) is 0 Å². The van der Waals surface area contributed by atoms with Gasteiger partial charge in [-0.1, -0.05) is 0 Å². The number of rotatable bonds is 3. The Labute approximate surface area is 98.6 Å². The normalized spacial score (nSPS) is 15.0. The molecule has 2 atom stereocenters. The van der Waals surface area contributed by atoms with Crippen LogP contribution in [0.5, 0.6) is 0 Å². The summed E-state index contributed by atoms with van der Waals surface area (Å²) in [6, 6.07) is -1.95. The average molecular weight is 192 g/mol. The van der Waals surface area contributed by atoms with Gasteiger partial charge in [-0.3, -0.25) is 4.99 Å². The van der Waals surface area contributed by atoms with Crippen molar-refractivity contribution < 1.29 is 44.6 Å². The maximum Gasteiger partial charge on any atom is 1.00 e. The molecule has 1 N–H and O–H groups in total. The predicted molar refractivity (Wildman–Crippen MR) is 40.6 cm³/mol. The van der Waals surface area contributed by atoms with Gasteiger partial charge >= 0.3 is 35.5 Å². The number of nitrogens with zero attached hydrogens (tertiary/aromatic N) is 2. The van der Waals surface area contributed by atoms with E-state index in [9.17, 15) is 9.90 Å². The van der Waals surface area contributed by atoms with Crippen LogP contribution in [0.1, 0.15) is 13.8 Å². The van der Waals surface area contributed by atoms with Gasteiger partial charge in [0.05, 0.1) is 0 Å². The van der Waals surface area contributed by atoms with E-state index in [4.69, 9.17) is 11.7 Å². The fourth-order valence-corrected chi connectivity index (χ4v) is 0.409. The second kappa shape index (κ2) is 6.89. The van der Waals surface area contributed by atoms with Gasteiger partial charge in [0, 0.05) is 12.8 Å². The monoisotopic (exact) mass is 192 g/mol. The van der Waals surface area contributed by atoms with Crippen molar-refractivity contribution in [3.05, 3.63) is 11.4 Å². The molecule has 5 nitrogen and oxygen atoms in total. The third-order valence-electron chi connectivity index (χ3n) is 1.23. The second-order valence-electron chi connectivity index (χ2n) is 2.29. The van der Waals surface area contributed by atoms with E-state index >= 15 is 0 Å². The number of carboxylic acid groups (broad SMARTS) is 1. The molecule has 0 aromatic heterocycles. The predicted octanol–water partition coefficient (Wildman–Crippen LogP) is -3.47. The zero-order valence-corrected chi connectivity index (χ0v) is 9.81. The summed E-state index contributed by atoms with van der Waals surface area (Å²) in [5.74, 6) is -1.85. The molecule has 0 bridgehead atoms. The van der Waals surface area contributed by atoms with Crippen molar-refractivity contribution in [2.45, 2.75) is 25.9 Å². The van der Waals surface area contributed by atoms with Crippen LogP contribution >= 0.6 is 0 Å². The molecule has 0 spiro atoms. The molecule has 0 fully saturated rings. The van der Waals surface area contributed by atoms with Crippen molar-refractivity contribution >= 4 is 11.9 Å². The standard InChI is InChI=1S/C7H10N2O3.Na/c1-4(8-3)6(10)9-5(2)7(11)12;/h4-5H,1-2H3,(H,9,10)(H,11,12);/q;+1/p-1/t4-,5+;/m0./s1. The van der Waals surface area contributed by atoms with Crippen LogP contribution in [0.15, 0.2) is 4.99 Å². The Balaban J connectivity index is 0. The Morgan fingerprint density at radius 1 is 1.62 bits per heavy atom. The summed E-state index contributed by atoms with van der Waals surface area (Å²) in [6.45, 7) is 9.16. The molecule has 13 heavy (non-hydrogen) atoms. The van der Waals surface area contributed by atoms with Crippen LogP contribution in [0.4, 0.5) is 0 Å². The average Bonchev–Trinajstić information content (AvgIpc) is 2.02. The zero-order chi connectivity index (χ0) is 9.72. The SMILES string of the molecule is [C-]#[N+][C@@H](C)C([O-])=N[C@H](C)C(=O)O.[Na+]. The minimum absolute atomic E-state index is 0. The van der Waals surface area contributed by atoms with Gasteiger partial charge in [-0.05, 0) is 6.92 Å². The number of aliphatic imine (C=N–C) groups is 1. The van der Waals surface area contributed by atoms with Gasteiger partial charge in [-0.15, -0.1) is 0 Å². The molecule has 0 heterocycles. The van der Waals surface area contributed by atoms with Crippen molar-refractivity contribution in [3.63, 3.8) is 0 Å². The molecule has 0 saturated heterocycles. The summed E-state index contributed by atoms with van der Waals surface area (Å²) in [5.41, 5.74) is 0. The van der Waals surface area contributed by atoms with Gasteiger partial charge in [0.1, 0.15) is 6.04 Å². The van der Waals surface area contributed by atoms with Crippen LogP contribution in [0, 0.1) is 6.57 Å². The number of carbonyl (C=O) groups is 1. The molecule has 0 aliphatic heterocycles. The molecule has 0 aromatic rings. The van der Waals surface area contributed by atoms with Crippen LogP contribution in [-0.2, 0) is 4.79 Å². The zero-order valence-electron chi connectivity index (χ0n) is 7.81. The van der Waals surface area contributed by atoms with Crippen LogP contribution in [0.2, 0.25) is 0 Å². The Hall–Kier alpha value is -0.570. The largest absolute Gasteiger partial charge is 1.00 e. The number of carboxylic acids is 1. The molecule has 0 aliphatic carbocycles. The molecule has 0 radical (unpaired) electrons. The van der Waals surface area contributed by atoms with Gasteiger partial charge in [-0.2, -0.15) is 0 Å². The maximum absolute atomic E-state index is 10.8. The van der Waals surface area contributed by atoms with Crippen LogP contribution < -0.4 is 34.7 Å². The number of hydrogen-bond donors (Lipinski definition) is 1. The molecular formula is C7H9N2NaO3. The van der Waals surface area contributed by atoms with Crippen molar-refractivity contribution in [1.29, 1.82) is 0 Å². The smallest absolute Gasteiger partial charge is 0.857 e. The molecule has 66 valence electrons. The van der Waals surface area contributed by atoms with Gasteiger partial charge in [-0.25, -0.2) is 11.4 Å². The topological polar surface area (TPSA) is 77.1 Å². The summed E-state index contributed by atoms with van der Waals surface area (Å²) in [7, 11) is 0. The molecule has 6 heteroatoms. The van der Waals surface area contributed by atoms with E-state index in [2.05, 4.69) is 9.84 Å². The fraction of sp³-hybridized carbons (Fsp3) is 0.571. The van der Waals surface area contributed by atoms with E-state index in [0.29, 0.717) is 0 Å². The summed E-state index contributed by atoms with van der Waals surface area (Å²) >= 11 is 0. The molecule has 0 aliphatic rings. The number of hydrogen-bond acceptors (Lipinski definition) is 3. The molecule has 0 aromatic carbocycles. The summed E-state index contributed by atoms with van der Waals surface area (Å²) in [5, 5.41) is 19.2. The van der Waals surface area contributed by atoms with Gasteiger partial charge in [0.15, 0.2) is 0 Å². The minimum atomic E-state index is -1.17. The molecular weight excluding hydrogens is 183 g/mol. The third-order valence-corrected chi connectivity index (χ3v) is 1.23. The maximum atomic E-state index is 10.8. The van der Waals surface area contributed by atoms with Crippen molar-refractivity contribution in [1.82, 2.24) is 0 Å². The molecule has 0 rings (SSSR count). The van der Waals surface area contributed by atoms with Crippen LogP contribution in [0.25, 0.3) is 4.85 Å². The van der Waals surface area contributed by atoms with E-state index in [-0.39, 0.29) is 29.6 Å². The van der Waals surface area contributed by atoms with E-state index in [1.807, 2.05) is 0 Å². The van der Waals surface area contributed by atoms with E-state index < -0.39 is 24.0 Å². The first-order chi connectivity index (χ1) is 5.49. The van der Waals surface area contributed by atoms with E-state index in [1.165, 1.54) is 13.8 Å². The van der Waals surface area contributed by atoms with Crippen molar-refractivity contribution in [2.75, 3.05) is 0 Å².